The predicted molar refractivity (Wildman–Crippen MR) is 54.0 cm³/mol. The number of aromatic hydroxyl groups is 1. The minimum atomic E-state index is -0.0792. The second-order valence-electron chi connectivity index (χ2n) is 3.14. The lowest BCUT2D eigenvalue weighted by Crippen LogP contribution is -1.99. The molecule has 3 heteroatoms. The van der Waals surface area contributed by atoms with E-state index in [1.165, 1.54) is 7.11 Å². The molecule has 0 radical (unpaired) electrons. The summed E-state index contributed by atoms with van der Waals surface area (Å²) >= 11 is 0. The Morgan fingerprint density at radius 1 is 1.50 bits per heavy atom. The summed E-state index contributed by atoms with van der Waals surface area (Å²) in [7, 11) is 1.47. The van der Waals surface area contributed by atoms with Crippen molar-refractivity contribution >= 4 is 5.78 Å². The van der Waals surface area contributed by atoms with E-state index in [0.29, 0.717) is 17.7 Å². The normalized spacial score (nSPS) is 9.93. The van der Waals surface area contributed by atoms with Crippen LogP contribution in [0.25, 0.3) is 0 Å². The standard InChI is InChI=1S/C11H14O3/c1-4-9(12)8-5-7(2)6-10(14-3)11(8)13/h5-6,13H,4H2,1-3H3. The maximum Gasteiger partial charge on any atom is 0.168 e. The van der Waals surface area contributed by atoms with Crippen molar-refractivity contribution in [3.8, 4) is 11.5 Å². The van der Waals surface area contributed by atoms with E-state index in [4.69, 9.17) is 4.74 Å². The van der Waals surface area contributed by atoms with Gasteiger partial charge in [0.1, 0.15) is 0 Å². The molecule has 76 valence electrons. The van der Waals surface area contributed by atoms with Gasteiger partial charge in [0.2, 0.25) is 0 Å². The van der Waals surface area contributed by atoms with Gasteiger partial charge in [0.15, 0.2) is 17.3 Å². The SMILES string of the molecule is CCC(=O)c1cc(C)cc(OC)c1O. The minimum Gasteiger partial charge on any atom is -0.504 e. The van der Waals surface area contributed by atoms with Gasteiger partial charge in [-0.05, 0) is 24.6 Å². The van der Waals surface area contributed by atoms with Gasteiger partial charge < -0.3 is 9.84 Å². The topological polar surface area (TPSA) is 46.5 Å². The van der Waals surface area contributed by atoms with Crippen LogP contribution in [0.3, 0.4) is 0 Å². The zero-order valence-corrected chi connectivity index (χ0v) is 8.63. The van der Waals surface area contributed by atoms with Gasteiger partial charge in [-0.15, -0.1) is 0 Å². The minimum absolute atomic E-state index is 0.0649. The number of benzene rings is 1. The van der Waals surface area contributed by atoms with Gasteiger partial charge >= 0.3 is 0 Å². The molecule has 1 aromatic carbocycles. The van der Waals surface area contributed by atoms with E-state index in [-0.39, 0.29) is 11.5 Å². The van der Waals surface area contributed by atoms with Crippen molar-refractivity contribution in [2.24, 2.45) is 0 Å². The number of hydrogen-bond acceptors (Lipinski definition) is 3. The largest absolute Gasteiger partial charge is 0.504 e. The maximum atomic E-state index is 11.4. The highest BCUT2D eigenvalue weighted by atomic mass is 16.5. The number of carbonyl (C=O) groups is 1. The molecule has 0 fully saturated rings. The Morgan fingerprint density at radius 3 is 2.64 bits per heavy atom. The fourth-order valence-corrected chi connectivity index (χ4v) is 1.30. The van der Waals surface area contributed by atoms with Gasteiger partial charge in [0, 0.05) is 6.42 Å². The molecule has 0 saturated heterocycles. The van der Waals surface area contributed by atoms with Crippen LogP contribution >= 0.6 is 0 Å². The Labute approximate surface area is 83.3 Å². The molecular weight excluding hydrogens is 180 g/mol. The molecule has 0 spiro atoms. The fraction of sp³-hybridized carbons (Fsp3) is 0.364. The first-order chi connectivity index (χ1) is 6.60. The number of ether oxygens (including phenoxy) is 1. The number of methoxy groups -OCH3 is 1. The molecule has 0 aliphatic carbocycles. The fourth-order valence-electron chi connectivity index (χ4n) is 1.30. The van der Waals surface area contributed by atoms with E-state index < -0.39 is 0 Å². The van der Waals surface area contributed by atoms with Crippen molar-refractivity contribution < 1.29 is 14.6 Å². The third-order valence-corrected chi connectivity index (χ3v) is 2.06. The number of rotatable bonds is 3. The van der Waals surface area contributed by atoms with Crippen LogP contribution in [0.2, 0.25) is 0 Å². The quantitative estimate of drug-likeness (QED) is 0.751. The van der Waals surface area contributed by atoms with Crippen LogP contribution in [0.4, 0.5) is 0 Å². The van der Waals surface area contributed by atoms with Crippen LogP contribution in [0.5, 0.6) is 11.5 Å². The van der Waals surface area contributed by atoms with Gasteiger partial charge in [0.05, 0.1) is 12.7 Å². The summed E-state index contributed by atoms with van der Waals surface area (Å²) in [5, 5.41) is 9.67. The number of phenols is 1. The number of Topliss-reactive ketones (excluding diaryl/α,β-unsaturated/α-hetero) is 1. The summed E-state index contributed by atoms with van der Waals surface area (Å²) in [5.41, 5.74) is 1.24. The highest BCUT2D eigenvalue weighted by molar-refractivity contribution is 5.99. The molecule has 0 aliphatic heterocycles. The second-order valence-corrected chi connectivity index (χ2v) is 3.14. The molecule has 0 aromatic heterocycles. The first kappa shape index (κ1) is 10.6. The lowest BCUT2D eigenvalue weighted by molar-refractivity contribution is 0.0985. The molecule has 1 rings (SSSR count). The molecule has 14 heavy (non-hydrogen) atoms. The molecule has 1 aromatic rings. The highest BCUT2D eigenvalue weighted by Gasteiger charge is 2.14. The van der Waals surface area contributed by atoms with Gasteiger partial charge in [-0.1, -0.05) is 6.92 Å². The third kappa shape index (κ3) is 1.87. The molecule has 0 heterocycles. The Bertz CT molecular complexity index is 356. The van der Waals surface area contributed by atoms with Crippen molar-refractivity contribution in [3.63, 3.8) is 0 Å². The first-order valence-corrected chi connectivity index (χ1v) is 4.51. The summed E-state index contributed by atoms with van der Waals surface area (Å²) in [4.78, 5) is 11.4. The van der Waals surface area contributed by atoms with Crippen molar-refractivity contribution in [2.75, 3.05) is 7.11 Å². The number of hydrogen-bond donors (Lipinski definition) is 1. The summed E-state index contributed by atoms with van der Waals surface area (Å²) in [6.07, 6.45) is 0.375. The number of aryl methyl sites for hydroxylation is 1. The molecule has 0 amide bonds. The van der Waals surface area contributed by atoms with Crippen molar-refractivity contribution in [1.82, 2.24) is 0 Å². The van der Waals surface area contributed by atoms with Gasteiger partial charge in [-0.2, -0.15) is 0 Å². The first-order valence-electron chi connectivity index (χ1n) is 4.51. The number of phenolic OH excluding ortho intramolecular Hbond substituents is 1. The number of ketones is 1. The summed E-state index contributed by atoms with van der Waals surface area (Å²) < 4.78 is 4.96. The molecule has 3 nitrogen and oxygen atoms in total. The highest BCUT2D eigenvalue weighted by Crippen LogP contribution is 2.31. The summed E-state index contributed by atoms with van der Waals surface area (Å²) in [6.45, 7) is 3.62. The van der Waals surface area contributed by atoms with Crippen LogP contribution in [0.15, 0.2) is 12.1 Å². The molecule has 0 saturated carbocycles. The Hall–Kier alpha value is -1.51. The van der Waals surface area contributed by atoms with E-state index >= 15 is 0 Å². The molecule has 0 unspecified atom stereocenters. The molecule has 0 aliphatic rings. The van der Waals surface area contributed by atoms with Crippen LogP contribution in [0.1, 0.15) is 29.3 Å². The second kappa shape index (κ2) is 4.13. The van der Waals surface area contributed by atoms with Crippen LogP contribution in [-0.2, 0) is 0 Å². The number of carbonyl (C=O) groups excluding carboxylic acids is 1. The summed E-state index contributed by atoms with van der Waals surface area (Å²) in [5.74, 6) is 0.205. The van der Waals surface area contributed by atoms with Crippen LogP contribution in [0, 0.1) is 6.92 Å². The van der Waals surface area contributed by atoms with E-state index in [0.717, 1.165) is 5.56 Å². The maximum absolute atomic E-state index is 11.4. The van der Waals surface area contributed by atoms with Crippen molar-refractivity contribution in [3.05, 3.63) is 23.3 Å². The predicted octanol–water partition coefficient (Wildman–Crippen LogP) is 2.30. The Morgan fingerprint density at radius 2 is 2.14 bits per heavy atom. The molecular formula is C11H14O3. The van der Waals surface area contributed by atoms with Gasteiger partial charge in [-0.25, -0.2) is 0 Å². The van der Waals surface area contributed by atoms with Crippen molar-refractivity contribution in [2.45, 2.75) is 20.3 Å². The van der Waals surface area contributed by atoms with Gasteiger partial charge in [0.25, 0.3) is 0 Å². The lowest BCUT2D eigenvalue weighted by Gasteiger charge is -2.08. The average Bonchev–Trinajstić information content (AvgIpc) is 2.19. The van der Waals surface area contributed by atoms with Crippen LogP contribution in [-0.4, -0.2) is 18.0 Å². The van der Waals surface area contributed by atoms with Gasteiger partial charge in [-0.3, -0.25) is 4.79 Å². The zero-order chi connectivity index (χ0) is 10.7. The average molecular weight is 194 g/mol. The van der Waals surface area contributed by atoms with Crippen molar-refractivity contribution in [1.29, 1.82) is 0 Å². The van der Waals surface area contributed by atoms with E-state index in [1.54, 1.807) is 19.1 Å². The summed E-state index contributed by atoms with van der Waals surface area (Å²) in [6, 6.07) is 3.37. The Balaban J connectivity index is 3.29. The molecule has 0 atom stereocenters. The van der Waals surface area contributed by atoms with E-state index in [2.05, 4.69) is 0 Å². The zero-order valence-electron chi connectivity index (χ0n) is 8.63. The van der Waals surface area contributed by atoms with Crippen LogP contribution < -0.4 is 4.74 Å². The molecule has 0 bridgehead atoms. The molecule has 1 N–H and O–H groups in total. The Kier molecular flexibility index (Phi) is 3.12. The smallest absolute Gasteiger partial charge is 0.168 e. The van der Waals surface area contributed by atoms with E-state index in [1.807, 2.05) is 6.92 Å². The monoisotopic (exact) mass is 194 g/mol. The van der Waals surface area contributed by atoms with E-state index in [9.17, 15) is 9.90 Å². The third-order valence-electron chi connectivity index (χ3n) is 2.06. The lowest BCUT2D eigenvalue weighted by atomic mass is 10.0.